The van der Waals surface area contributed by atoms with Crippen molar-refractivity contribution in [3.8, 4) is 11.5 Å². The number of aromatic amines is 1. The number of aromatic nitrogens is 2. The summed E-state index contributed by atoms with van der Waals surface area (Å²) in [7, 11) is 4.82. The van der Waals surface area contributed by atoms with Gasteiger partial charge in [-0.3, -0.25) is 14.2 Å². The molecule has 1 heterocycles. The zero-order chi connectivity index (χ0) is 23.1. The van der Waals surface area contributed by atoms with Crippen molar-refractivity contribution in [2.75, 3.05) is 34.5 Å². The van der Waals surface area contributed by atoms with E-state index in [0.29, 0.717) is 53.8 Å². The zero-order valence-electron chi connectivity index (χ0n) is 18.4. The summed E-state index contributed by atoms with van der Waals surface area (Å²) in [6.45, 7) is 1.42. The van der Waals surface area contributed by atoms with Gasteiger partial charge in [-0.25, -0.2) is 0 Å². The summed E-state index contributed by atoms with van der Waals surface area (Å²) < 4.78 is 17.5. The second-order valence-electron chi connectivity index (χ2n) is 7.18. The second kappa shape index (κ2) is 10.9. The smallest absolute Gasteiger partial charge is 0.262 e. The van der Waals surface area contributed by atoms with E-state index in [4.69, 9.17) is 26.4 Å². The normalized spacial score (nSPS) is 10.8. The van der Waals surface area contributed by atoms with Crippen molar-refractivity contribution in [1.29, 1.82) is 0 Å². The number of rotatable bonds is 10. The Morgan fingerprint density at radius 2 is 1.94 bits per heavy atom. The van der Waals surface area contributed by atoms with Gasteiger partial charge >= 0.3 is 0 Å². The summed E-state index contributed by atoms with van der Waals surface area (Å²) >= 11 is 5.34. The van der Waals surface area contributed by atoms with Gasteiger partial charge in [0.25, 0.3) is 11.5 Å². The number of fused-ring (bicyclic) bond motifs is 1. The first-order chi connectivity index (χ1) is 15.5. The minimum Gasteiger partial charge on any atom is -0.497 e. The molecule has 0 aliphatic rings. The molecule has 0 saturated heterocycles. The molecule has 0 unspecified atom stereocenters. The van der Waals surface area contributed by atoms with Crippen molar-refractivity contribution < 1.29 is 19.0 Å². The van der Waals surface area contributed by atoms with Crippen LogP contribution in [-0.4, -0.2) is 49.9 Å². The molecular formula is C23H27N3O5S. The number of benzene rings is 2. The van der Waals surface area contributed by atoms with Crippen LogP contribution in [0.4, 0.5) is 0 Å². The van der Waals surface area contributed by atoms with Crippen molar-refractivity contribution in [3.63, 3.8) is 0 Å². The highest BCUT2D eigenvalue weighted by molar-refractivity contribution is 7.71. The van der Waals surface area contributed by atoms with Crippen LogP contribution in [0, 0.1) is 4.77 Å². The number of carbonyl (C=O) groups is 1. The number of hydrogen-bond acceptors (Lipinski definition) is 6. The highest BCUT2D eigenvalue weighted by Crippen LogP contribution is 2.24. The van der Waals surface area contributed by atoms with Gasteiger partial charge in [-0.2, -0.15) is 0 Å². The molecule has 1 aromatic heterocycles. The lowest BCUT2D eigenvalue weighted by atomic mass is 10.1. The number of H-pyrrole nitrogens is 1. The molecule has 0 bridgehead atoms. The Kier molecular flexibility index (Phi) is 8.02. The van der Waals surface area contributed by atoms with Crippen LogP contribution in [0.3, 0.4) is 0 Å². The molecule has 1 amide bonds. The Bertz CT molecular complexity index is 1220. The number of nitrogens with zero attached hydrogens (tertiary/aromatic N) is 1. The molecule has 9 heteroatoms. The highest BCUT2D eigenvalue weighted by Gasteiger charge is 2.11. The van der Waals surface area contributed by atoms with Crippen LogP contribution in [0.2, 0.25) is 0 Å². The Labute approximate surface area is 191 Å². The average Bonchev–Trinajstić information content (AvgIpc) is 2.80. The van der Waals surface area contributed by atoms with Crippen molar-refractivity contribution in [2.45, 2.75) is 19.4 Å². The molecule has 0 spiro atoms. The van der Waals surface area contributed by atoms with Crippen molar-refractivity contribution in [2.24, 2.45) is 0 Å². The third-order valence-electron chi connectivity index (χ3n) is 5.14. The third kappa shape index (κ3) is 5.35. The van der Waals surface area contributed by atoms with Crippen LogP contribution in [0.5, 0.6) is 11.5 Å². The first-order valence-corrected chi connectivity index (χ1v) is 10.6. The fraction of sp³-hybridized carbons (Fsp3) is 0.348. The van der Waals surface area contributed by atoms with Crippen LogP contribution in [0.1, 0.15) is 22.3 Å². The first kappa shape index (κ1) is 23.5. The number of carbonyl (C=O) groups excluding carboxylic acids is 1. The van der Waals surface area contributed by atoms with Crippen molar-refractivity contribution in [3.05, 3.63) is 62.6 Å². The van der Waals surface area contributed by atoms with Crippen LogP contribution in [0.15, 0.2) is 41.2 Å². The minimum atomic E-state index is -0.239. The summed E-state index contributed by atoms with van der Waals surface area (Å²) in [4.78, 5) is 28.5. The quantitative estimate of drug-likeness (QED) is 0.359. The number of nitrogens with one attached hydrogen (secondary N) is 2. The fourth-order valence-corrected chi connectivity index (χ4v) is 3.74. The molecular weight excluding hydrogens is 430 g/mol. The summed E-state index contributed by atoms with van der Waals surface area (Å²) in [6, 6.07) is 10.5. The number of hydrogen-bond donors (Lipinski definition) is 2. The molecule has 0 atom stereocenters. The van der Waals surface area contributed by atoms with Gasteiger partial charge in [0, 0.05) is 32.4 Å². The molecule has 32 heavy (non-hydrogen) atoms. The van der Waals surface area contributed by atoms with Gasteiger partial charge in [-0.15, -0.1) is 0 Å². The maximum Gasteiger partial charge on any atom is 0.262 e. The summed E-state index contributed by atoms with van der Waals surface area (Å²) in [5.41, 5.74) is 1.73. The SMILES string of the molecule is COCCCn1c(=S)[nH]c2cc(C(=O)NCCc3cc(OC)ccc3OC)ccc2c1=O. The predicted molar refractivity (Wildman–Crippen MR) is 125 cm³/mol. The van der Waals surface area contributed by atoms with E-state index >= 15 is 0 Å². The Balaban J connectivity index is 1.73. The largest absolute Gasteiger partial charge is 0.497 e. The first-order valence-electron chi connectivity index (χ1n) is 10.2. The number of methoxy groups -OCH3 is 3. The lowest BCUT2D eigenvalue weighted by Crippen LogP contribution is -2.26. The molecule has 3 rings (SSSR count). The van der Waals surface area contributed by atoms with Crippen LogP contribution < -0.4 is 20.3 Å². The van der Waals surface area contributed by atoms with Gasteiger partial charge in [-0.05, 0) is 67.0 Å². The molecule has 8 nitrogen and oxygen atoms in total. The van der Waals surface area contributed by atoms with E-state index in [1.807, 2.05) is 18.2 Å². The van der Waals surface area contributed by atoms with Gasteiger partial charge < -0.3 is 24.5 Å². The molecule has 3 aromatic rings. The van der Waals surface area contributed by atoms with Gasteiger partial charge in [0.15, 0.2) is 4.77 Å². The van der Waals surface area contributed by atoms with E-state index < -0.39 is 0 Å². The fourth-order valence-electron chi connectivity index (χ4n) is 3.46. The minimum absolute atomic E-state index is 0.183. The summed E-state index contributed by atoms with van der Waals surface area (Å²) in [5, 5.41) is 3.38. The Morgan fingerprint density at radius 1 is 1.12 bits per heavy atom. The molecule has 170 valence electrons. The van der Waals surface area contributed by atoms with Gasteiger partial charge in [-0.1, -0.05) is 0 Å². The second-order valence-corrected chi connectivity index (χ2v) is 7.56. The van der Waals surface area contributed by atoms with Gasteiger partial charge in [0.05, 0.1) is 25.1 Å². The monoisotopic (exact) mass is 457 g/mol. The molecule has 0 aliphatic heterocycles. The molecule has 2 aromatic carbocycles. The van der Waals surface area contributed by atoms with E-state index in [1.165, 1.54) is 4.57 Å². The predicted octanol–water partition coefficient (Wildman–Crippen LogP) is 3.09. The highest BCUT2D eigenvalue weighted by atomic mass is 32.1. The molecule has 0 saturated carbocycles. The van der Waals surface area contributed by atoms with Crippen LogP contribution >= 0.6 is 12.2 Å². The topological polar surface area (TPSA) is 94.6 Å². The standard InChI is InChI=1S/C23H27N3O5S/c1-29-12-4-11-26-22(28)18-7-5-16(14-19(18)25-23(26)32)21(27)24-10-9-15-13-17(30-2)6-8-20(15)31-3/h5-8,13-14H,4,9-12H2,1-3H3,(H,24,27)(H,25,32). The third-order valence-corrected chi connectivity index (χ3v) is 5.46. The number of amides is 1. The summed E-state index contributed by atoms with van der Waals surface area (Å²) in [5.74, 6) is 1.22. The number of ether oxygens (including phenoxy) is 3. The van der Waals surface area contributed by atoms with Gasteiger partial charge in [0.2, 0.25) is 0 Å². The van der Waals surface area contributed by atoms with E-state index in [9.17, 15) is 9.59 Å². The molecule has 0 radical (unpaired) electrons. The maximum atomic E-state index is 12.8. The van der Waals surface area contributed by atoms with E-state index in [-0.39, 0.29) is 11.5 Å². The zero-order valence-corrected chi connectivity index (χ0v) is 19.2. The Hall–Kier alpha value is -3.17. The van der Waals surface area contributed by atoms with E-state index in [2.05, 4.69) is 10.3 Å². The van der Waals surface area contributed by atoms with E-state index in [1.54, 1.807) is 39.5 Å². The average molecular weight is 458 g/mol. The molecule has 0 aliphatic carbocycles. The van der Waals surface area contributed by atoms with Crippen LogP contribution in [0.25, 0.3) is 10.9 Å². The lowest BCUT2D eigenvalue weighted by molar-refractivity contribution is 0.0954. The van der Waals surface area contributed by atoms with Crippen LogP contribution in [-0.2, 0) is 17.7 Å². The van der Waals surface area contributed by atoms with E-state index in [0.717, 1.165) is 17.1 Å². The maximum absolute atomic E-state index is 12.8. The van der Waals surface area contributed by atoms with Crippen molar-refractivity contribution in [1.82, 2.24) is 14.9 Å². The molecule has 2 N–H and O–H groups in total. The lowest BCUT2D eigenvalue weighted by Gasteiger charge is -2.12. The van der Waals surface area contributed by atoms with Crippen molar-refractivity contribution >= 4 is 29.0 Å². The summed E-state index contributed by atoms with van der Waals surface area (Å²) in [6.07, 6.45) is 1.26. The molecule has 0 fully saturated rings. The van der Waals surface area contributed by atoms with Gasteiger partial charge in [0.1, 0.15) is 11.5 Å². The Morgan fingerprint density at radius 3 is 2.66 bits per heavy atom.